The first-order chi connectivity index (χ1) is 7.79. The fourth-order valence-electron chi connectivity index (χ4n) is 2.15. The Labute approximate surface area is 95.8 Å². The molecule has 1 N–H and O–H groups in total. The van der Waals surface area contributed by atoms with Gasteiger partial charge in [-0.15, -0.1) is 0 Å². The highest BCUT2D eigenvalue weighted by Crippen LogP contribution is 2.20. The number of halogens is 1. The molecule has 16 heavy (non-hydrogen) atoms. The summed E-state index contributed by atoms with van der Waals surface area (Å²) in [6.45, 7) is 3.53. The van der Waals surface area contributed by atoms with Crippen LogP contribution in [0.1, 0.15) is 25.3 Å². The number of hydrogen-bond donors (Lipinski definition) is 1. The molecule has 88 valence electrons. The molecule has 0 saturated carbocycles. The van der Waals surface area contributed by atoms with E-state index in [0.29, 0.717) is 18.4 Å². The Balaban J connectivity index is 2.03. The number of ether oxygens (including phenoxy) is 1. The van der Waals surface area contributed by atoms with E-state index in [4.69, 9.17) is 4.74 Å². The second kappa shape index (κ2) is 5.30. The van der Waals surface area contributed by atoms with Crippen LogP contribution in [0.2, 0.25) is 0 Å². The quantitative estimate of drug-likeness (QED) is 0.847. The summed E-state index contributed by atoms with van der Waals surface area (Å²) >= 11 is 0. The minimum absolute atomic E-state index is 0.153. The Morgan fingerprint density at radius 3 is 3.00 bits per heavy atom. The maximum atomic E-state index is 13.7. The molecule has 1 fully saturated rings. The third-order valence-corrected chi connectivity index (χ3v) is 2.96. The van der Waals surface area contributed by atoms with Gasteiger partial charge in [-0.05, 0) is 44.4 Å². The molecule has 0 radical (unpaired) electrons. The zero-order valence-electron chi connectivity index (χ0n) is 9.63. The van der Waals surface area contributed by atoms with E-state index in [0.717, 1.165) is 24.9 Å². The summed E-state index contributed by atoms with van der Waals surface area (Å²) in [6, 6.07) is 5.60. The van der Waals surface area contributed by atoms with Crippen LogP contribution in [-0.4, -0.2) is 19.2 Å². The topological polar surface area (TPSA) is 21.3 Å². The maximum Gasteiger partial charge on any atom is 0.130 e. The van der Waals surface area contributed by atoms with Gasteiger partial charge in [0, 0.05) is 12.1 Å². The van der Waals surface area contributed by atoms with Gasteiger partial charge in [0.2, 0.25) is 0 Å². The van der Waals surface area contributed by atoms with Gasteiger partial charge in [0.1, 0.15) is 11.6 Å². The van der Waals surface area contributed by atoms with Crippen molar-refractivity contribution in [1.82, 2.24) is 5.32 Å². The van der Waals surface area contributed by atoms with Crippen molar-refractivity contribution in [2.45, 2.75) is 32.2 Å². The molecule has 2 nitrogen and oxygen atoms in total. The summed E-state index contributed by atoms with van der Waals surface area (Å²) in [5, 5.41) is 3.37. The maximum absolute atomic E-state index is 13.7. The van der Waals surface area contributed by atoms with Crippen LogP contribution in [0.3, 0.4) is 0 Å². The van der Waals surface area contributed by atoms with Gasteiger partial charge in [-0.2, -0.15) is 0 Å². The average Bonchev–Trinajstić information content (AvgIpc) is 2.75. The highest BCUT2D eigenvalue weighted by atomic mass is 19.1. The van der Waals surface area contributed by atoms with Gasteiger partial charge < -0.3 is 10.1 Å². The van der Waals surface area contributed by atoms with Crippen LogP contribution in [0, 0.1) is 5.82 Å². The molecule has 1 unspecified atom stereocenters. The lowest BCUT2D eigenvalue weighted by atomic mass is 10.0. The molecule has 0 aliphatic carbocycles. The van der Waals surface area contributed by atoms with E-state index in [9.17, 15) is 4.39 Å². The first kappa shape index (κ1) is 11.4. The van der Waals surface area contributed by atoms with Gasteiger partial charge in [-0.25, -0.2) is 4.39 Å². The summed E-state index contributed by atoms with van der Waals surface area (Å²) in [6.07, 6.45) is 3.12. The average molecular weight is 223 g/mol. The van der Waals surface area contributed by atoms with Crippen molar-refractivity contribution in [2.75, 3.05) is 13.2 Å². The fourth-order valence-corrected chi connectivity index (χ4v) is 2.15. The molecule has 1 aromatic rings. The molecule has 1 atom stereocenters. The molecule has 1 aliphatic heterocycles. The fraction of sp³-hybridized carbons (Fsp3) is 0.538. The Bertz CT molecular complexity index is 348. The summed E-state index contributed by atoms with van der Waals surface area (Å²) in [7, 11) is 0. The monoisotopic (exact) mass is 223 g/mol. The predicted octanol–water partition coefficient (Wildman–Crippen LogP) is 2.52. The third kappa shape index (κ3) is 2.73. The summed E-state index contributed by atoms with van der Waals surface area (Å²) in [5.74, 6) is 0.461. The molecule has 1 aromatic carbocycles. The summed E-state index contributed by atoms with van der Waals surface area (Å²) in [4.78, 5) is 0. The SMILES string of the molecule is CCOc1ccc(CC2CCCN2)c(F)c1. The molecule has 1 saturated heterocycles. The highest BCUT2D eigenvalue weighted by molar-refractivity contribution is 5.29. The molecule has 2 rings (SSSR count). The number of benzene rings is 1. The van der Waals surface area contributed by atoms with Crippen LogP contribution in [0.15, 0.2) is 18.2 Å². The van der Waals surface area contributed by atoms with E-state index in [-0.39, 0.29) is 5.82 Å². The number of rotatable bonds is 4. The summed E-state index contributed by atoms with van der Waals surface area (Å²) < 4.78 is 19.0. The van der Waals surface area contributed by atoms with Crippen molar-refractivity contribution in [3.8, 4) is 5.75 Å². The van der Waals surface area contributed by atoms with E-state index >= 15 is 0 Å². The van der Waals surface area contributed by atoms with E-state index in [2.05, 4.69) is 5.32 Å². The molecule has 0 aromatic heterocycles. The molecule has 0 bridgehead atoms. The Morgan fingerprint density at radius 2 is 2.38 bits per heavy atom. The molecular formula is C13H18FNO. The standard InChI is InChI=1S/C13H18FNO/c1-2-16-12-6-5-10(13(14)9-12)8-11-4-3-7-15-11/h5-6,9,11,15H,2-4,7-8H2,1H3. The Kier molecular flexibility index (Phi) is 3.78. The zero-order chi connectivity index (χ0) is 11.4. The smallest absolute Gasteiger partial charge is 0.130 e. The summed E-state index contributed by atoms with van der Waals surface area (Å²) in [5.41, 5.74) is 0.780. The van der Waals surface area contributed by atoms with Crippen LogP contribution in [-0.2, 0) is 6.42 Å². The van der Waals surface area contributed by atoms with Crippen molar-refractivity contribution >= 4 is 0 Å². The minimum atomic E-state index is -0.153. The number of hydrogen-bond acceptors (Lipinski definition) is 2. The second-order valence-electron chi connectivity index (χ2n) is 4.18. The first-order valence-corrected chi connectivity index (χ1v) is 5.94. The lowest BCUT2D eigenvalue weighted by Crippen LogP contribution is -2.24. The van der Waals surface area contributed by atoms with Crippen molar-refractivity contribution in [3.63, 3.8) is 0 Å². The third-order valence-electron chi connectivity index (χ3n) is 2.96. The largest absolute Gasteiger partial charge is 0.494 e. The Morgan fingerprint density at radius 1 is 1.50 bits per heavy atom. The van der Waals surface area contributed by atoms with Crippen LogP contribution in [0.4, 0.5) is 4.39 Å². The molecule has 3 heteroatoms. The highest BCUT2D eigenvalue weighted by Gasteiger charge is 2.16. The first-order valence-electron chi connectivity index (χ1n) is 5.94. The van der Waals surface area contributed by atoms with Gasteiger partial charge >= 0.3 is 0 Å². The Hall–Kier alpha value is -1.09. The van der Waals surface area contributed by atoms with Crippen LogP contribution < -0.4 is 10.1 Å². The molecular weight excluding hydrogens is 205 g/mol. The second-order valence-corrected chi connectivity index (χ2v) is 4.18. The van der Waals surface area contributed by atoms with Crippen molar-refractivity contribution in [2.24, 2.45) is 0 Å². The van der Waals surface area contributed by atoms with Crippen LogP contribution in [0.25, 0.3) is 0 Å². The van der Waals surface area contributed by atoms with Crippen molar-refractivity contribution in [3.05, 3.63) is 29.6 Å². The normalized spacial score (nSPS) is 20.0. The van der Waals surface area contributed by atoms with Gasteiger partial charge in [0.15, 0.2) is 0 Å². The van der Waals surface area contributed by atoms with E-state index in [1.807, 2.05) is 19.1 Å². The molecule has 0 amide bonds. The van der Waals surface area contributed by atoms with Gasteiger partial charge in [-0.1, -0.05) is 6.07 Å². The van der Waals surface area contributed by atoms with E-state index in [1.54, 1.807) is 0 Å². The molecule has 1 heterocycles. The van der Waals surface area contributed by atoms with Gasteiger partial charge in [0.25, 0.3) is 0 Å². The number of nitrogens with one attached hydrogen (secondary N) is 1. The minimum Gasteiger partial charge on any atom is -0.494 e. The van der Waals surface area contributed by atoms with Gasteiger partial charge in [0.05, 0.1) is 6.61 Å². The van der Waals surface area contributed by atoms with E-state index in [1.165, 1.54) is 12.5 Å². The lowest BCUT2D eigenvalue weighted by molar-refractivity contribution is 0.338. The van der Waals surface area contributed by atoms with Crippen molar-refractivity contribution < 1.29 is 9.13 Å². The predicted molar refractivity (Wildman–Crippen MR) is 62.3 cm³/mol. The lowest BCUT2D eigenvalue weighted by Gasteiger charge is -2.11. The molecule has 0 spiro atoms. The zero-order valence-corrected chi connectivity index (χ0v) is 9.63. The van der Waals surface area contributed by atoms with Gasteiger partial charge in [-0.3, -0.25) is 0 Å². The van der Waals surface area contributed by atoms with Crippen molar-refractivity contribution in [1.29, 1.82) is 0 Å². The molecule has 1 aliphatic rings. The van der Waals surface area contributed by atoms with E-state index < -0.39 is 0 Å². The van der Waals surface area contributed by atoms with Crippen LogP contribution >= 0.6 is 0 Å². The van der Waals surface area contributed by atoms with Crippen LogP contribution in [0.5, 0.6) is 5.75 Å².